The average molecular weight is 268 g/mol. The largest absolute Gasteiger partial charge is 0.486 e. The predicted octanol–water partition coefficient (Wildman–Crippen LogP) is 2.91. The lowest BCUT2D eigenvalue weighted by Gasteiger charge is -2.08. The van der Waals surface area contributed by atoms with Crippen LogP contribution in [0.2, 0.25) is 5.02 Å². The number of rotatable bonds is 4. The Balaban J connectivity index is 2.19. The molecular formula is C12H10ClNO4. The standard InChI is InChI=1S/C12H10ClNO4/c1-7-10(14-6-18-7)5-17-11-3-2-8(13)4-9(11)12(15)16/h2-4,6H,5H2,1H3,(H,15,16). The Morgan fingerprint density at radius 2 is 2.33 bits per heavy atom. The smallest absolute Gasteiger partial charge is 0.339 e. The van der Waals surface area contributed by atoms with Crippen molar-refractivity contribution < 1.29 is 19.1 Å². The molecule has 0 saturated heterocycles. The molecule has 1 N–H and O–H groups in total. The number of carboxylic acid groups (broad SMARTS) is 1. The molecule has 0 unspecified atom stereocenters. The van der Waals surface area contributed by atoms with Crippen molar-refractivity contribution in [2.75, 3.05) is 0 Å². The zero-order valence-corrected chi connectivity index (χ0v) is 10.3. The SMILES string of the molecule is Cc1ocnc1COc1ccc(Cl)cc1C(=O)O. The molecular weight excluding hydrogens is 258 g/mol. The second-order valence-corrected chi connectivity index (χ2v) is 4.03. The van der Waals surface area contributed by atoms with E-state index in [0.717, 1.165) is 0 Å². The highest BCUT2D eigenvalue weighted by Crippen LogP contribution is 2.24. The number of carboxylic acids is 1. The van der Waals surface area contributed by atoms with Gasteiger partial charge in [0.2, 0.25) is 0 Å². The van der Waals surface area contributed by atoms with E-state index < -0.39 is 5.97 Å². The van der Waals surface area contributed by atoms with Crippen molar-refractivity contribution in [2.24, 2.45) is 0 Å². The molecule has 0 atom stereocenters. The summed E-state index contributed by atoms with van der Waals surface area (Å²) in [7, 11) is 0. The lowest BCUT2D eigenvalue weighted by molar-refractivity contribution is 0.0691. The minimum Gasteiger partial charge on any atom is -0.486 e. The summed E-state index contributed by atoms with van der Waals surface area (Å²) in [6.07, 6.45) is 1.31. The van der Waals surface area contributed by atoms with Crippen LogP contribution in [0.1, 0.15) is 21.8 Å². The number of ether oxygens (including phenoxy) is 1. The van der Waals surface area contributed by atoms with Crippen LogP contribution < -0.4 is 4.74 Å². The molecule has 94 valence electrons. The molecule has 5 nitrogen and oxygen atoms in total. The summed E-state index contributed by atoms with van der Waals surface area (Å²) in [5.41, 5.74) is 0.643. The van der Waals surface area contributed by atoms with Crippen LogP contribution in [-0.2, 0) is 6.61 Å². The van der Waals surface area contributed by atoms with Crippen molar-refractivity contribution in [3.63, 3.8) is 0 Å². The zero-order valence-electron chi connectivity index (χ0n) is 9.51. The fourth-order valence-corrected chi connectivity index (χ4v) is 1.58. The molecule has 0 bridgehead atoms. The van der Waals surface area contributed by atoms with Crippen LogP contribution in [0, 0.1) is 6.92 Å². The summed E-state index contributed by atoms with van der Waals surface area (Å²) in [4.78, 5) is 15.0. The first-order valence-corrected chi connectivity index (χ1v) is 5.50. The van der Waals surface area contributed by atoms with Gasteiger partial charge in [0, 0.05) is 5.02 Å². The van der Waals surface area contributed by atoms with Gasteiger partial charge >= 0.3 is 5.97 Å². The Labute approximate surface area is 108 Å². The van der Waals surface area contributed by atoms with Gasteiger partial charge < -0.3 is 14.3 Å². The van der Waals surface area contributed by atoms with E-state index in [1.165, 1.54) is 18.5 Å². The summed E-state index contributed by atoms with van der Waals surface area (Å²) in [5.74, 6) is -0.209. The second kappa shape index (κ2) is 5.10. The minimum atomic E-state index is -1.09. The molecule has 0 aliphatic heterocycles. The van der Waals surface area contributed by atoms with E-state index in [2.05, 4.69) is 4.98 Å². The van der Waals surface area contributed by atoms with Crippen LogP contribution in [0.15, 0.2) is 29.0 Å². The van der Waals surface area contributed by atoms with E-state index in [9.17, 15) is 4.79 Å². The van der Waals surface area contributed by atoms with Gasteiger partial charge in [-0.15, -0.1) is 0 Å². The Morgan fingerprint density at radius 1 is 1.56 bits per heavy atom. The molecule has 1 heterocycles. The molecule has 1 aromatic carbocycles. The van der Waals surface area contributed by atoms with Gasteiger partial charge in [-0.25, -0.2) is 9.78 Å². The van der Waals surface area contributed by atoms with Gasteiger partial charge in [0.15, 0.2) is 6.39 Å². The van der Waals surface area contributed by atoms with Crippen molar-refractivity contribution in [1.29, 1.82) is 0 Å². The molecule has 0 aliphatic carbocycles. The number of halogens is 1. The van der Waals surface area contributed by atoms with E-state index in [4.69, 9.17) is 25.9 Å². The number of carbonyl (C=O) groups is 1. The number of nitrogens with zero attached hydrogens (tertiary/aromatic N) is 1. The highest BCUT2D eigenvalue weighted by Gasteiger charge is 2.13. The number of benzene rings is 1. The van der Waals surface area contributed by atoms with Gasteiger partial charge in [0.05, 0.1) is 0 Å². The Morgan fingerprint density at radius 3 is 2.94 bits per heavy atom. The quantitative estimate of drug-likeness (QED) is 0.922. The van der Waals surface area contributed by atoms with Crippen molar-refractivity contribution in [3.05, 3.63) is 46.6 Å². The molecule has 0 fully saturated rings. The van der Waals surface area contributed by atoms with Gasteiger partial charge in [0.25, 0.3) is 0 Å². The highest BCUT2D eigenvalue weighted by atomic mass is 35.5. The summed E-state index contributed by atoms with van der Waals surface area (Å²) in [5, 5.41) is 9.37. The number of oxazole rings is 1. The third-order valence-electron chi connectivity index (χ3n) is 2.38. The van der Waals surface area contributed by atoms with Crippen LogP contribution in [0.3, 0.4) is 0 Å². The van der Waals surface area contributed by atoms with Crippen molar-refractivity contribution in [2.45, 2.75) is 13.5 Å². The molecule has 0 amide bonds. The molecule has 2 aromatic rings. The summed E-state index contributed by atoms with van der Waals surface area (Å²) in [6, 6.07) is 4.43. The van der Waals surface area contributed by atoms with E-state index in [1.807, 2.05) is 0 Å². The fourth-order valence-electron chi connectivity index (χ4n) is 1.41. The molecule has 0 saturated carbocycles. The van der Waals surface area contributed by atoms with E-state index >= 15 is 0 Å². The third kappa shape index (κ3) is 2.62. The second-order valence-electron chi connectivity index (χ2n) is 3.59. The zero-order chi connectivity index (χ0) is 13.1. The normalized spacial score (nSPS) is 10.3. The van der Waals surface area contributed by atoms with E-state index in [-0.39, 0.29) is 17.9 Å². The van der Waals surface area contributed by atoms with Gasteiger partial charge in [-0.05, 0) is 25.1 Å². The first-order valence-electron chi connectivity index (χ1n) is 5.12. The van der Waals surface area contributed by atoms with Crippen LogP contribution >= 0.6 is 11.6 Å². The minimum absolute atomic E-state index is 0.0173. The van der Waals surface area contributed by atoms with Crippen molar-refractivity contribution in [3.8, 4) is 5.75 Å². The lowest BCUT2D eigenvalue weighted by atomic mass is 10.2. The molecule has 6 heteroatoms. The molecule has 0 spiro atoms. The van der Waals surface area contributed by atoms with Crippen LogP contribution in [-0.4, -0.2) is 16.1 Å². The van der Waals surface area contributed by atoms with Gasteiger partial charge in [-0.2, -0.15) is 0 Å². The predicted molar refractivity (Wildman–Crippen MR) is 64.0 cm³/mol. The third-order valence-corrected chi connectivity index (χ3v) is 2.62. The van der Waals surface area contributed by atoms with Crippen LogP contribution in [0.25, 0.3) is 0 Å². The molecule has 18 heavy (non-hydrogen) atoms. The van der Waals surface area contributed by atoms with Crippen LogP contribution in [0.4, 0.5) is 0 Å². The van der Waals surface area contributed by atoms with Gasteiger partial charge in [-0.1, -0.05) is 11.6 Å². The molecule has 2 rings (SSSR count). The maximum Gasteiger partial charge on any atom is 0.339 e. The summed E-state index contributed by atoms with van der Waals surface area (Å²) >= 11 is 5.74. The number of hydrogen-bond acceptors (Lipinski definition) is 4. The molecule has 0 aliphatic rings. The fraction of sp³-hybridized carbons (Fsp3) is 0.167. The number of aryl methyl sites for hydroxylation is 1. The summed E-state index contributed by atoms with van der Waals surface area (Å²) in [6.45, 7) is 1.90. The van der Waals surface area contributed by atoms with Crippen molar-refractivity contribution >= 4 is 17.6 Å². The number of hydrogen-bond donors (Lipinski definition) is 1. The van der Waals surface area contributed by atoms with Crippen LogP contribution in [0.5, 0.6) is 5.75 Å². The first-order chi connectivity index (χ1) is 8.58. The molecule has 1 aromatic heterocycles. The Bertz CT molecular complexity index is 579. The number of aromatic carboxylic acids is 1. The maximum atomic E-state index is 11.0. The van der Waals surface area contributed by atoms with Crippen molar-refractivity contribution in [1.82, 2.24) is 4.98 Å². The lowest BCUT2D eigenvalue weighted by Crippen LogP contribution is -2.04. The highest BCUT2D eigenvalue weighted by molar-refractivity contribution is 6.31. The Hall–Kier alpha value is -2.01. The van der Waals surface area contributed by atoms with E-state index in [1.54, 1.807) is 13.0 Å². The topological polar surface area (TPSA) is 72.6 Å². The summed E-state index contributed by atoms with van der Waals surface area (Å²) < 4.78 is 10.4. The maximum absolute atomic E-state index is 11.0. The molecule has 0 radical (unpaired) electrons. The Kier molecular flexibility index (Phi) is 3.53. The average Bonchev–Trinajstić information content (AvgIpc) is 2.73. The monoisotopic (exact) mass is 267 g/mol. The first kappa shape index (κ1) is 12.4. The van der Waals surface area contributed by atoms with E-state index in [0.29, 0.717) is 16.5 Å². The number of aromatic nitrogens is 1. The van der Waals surface area contributed by atoms with Gasteiger partial charge in [0.1, 0.15) is 29.4 Å². The van der Waals surface area contributed by atoms with Gasteiger partial charge in [-0.3, -0.25) is 0 Å².